The number of nitrogens with zero attached hydrogens (tertiary/aromatic N) is 1. The minimum atomic E-state index is -0.461. The molecule has 240 valence electrons. The average molecular weight is 602 g/mol. The Balaban J connectivity index is 1.78. The zero-order chi connectivity index (χ0) is 30.4. The van der Waals surface area contributed by atoms with Crippen molar-refractivity contribution in [3.8, 4) is 0 Å². The number of carbonyl (C=O) groups is 2. The molecule has 2 aliphatic rings. The Kier molecular flexibility index (Phi) is 20.0. The minimum absolute atomic E-state index is 0.00452. The number of allylic oxidation sites excluding steroid dienone is 5. The fourth-order valence-corrected chi connectivity index (χ4v) is 6.89. The van der Waals surface area contributed by atoms with Crippen LogP contribution in [0.3, 0.4) is 0 Å². The van der Waals surface area contributed by atoms with Crippen molar-refractivity contribution in [3.63, 3.8) is 0 Å². The zero-order valence-corrected chi connectivity index (χ0v) is 28.4. The van der Waals surface area contributed by atoms with E-state index in [0.29, 0.717) is 12.2 Å². The van der Waals surface area contributed by atoms with Gasteiger partial charge in [-0.2, -0.15) is 11.8 Å². The summed E-state index contributed by atoms with van der Waals surface area (Å²) in [5, 5.41) is 6.42. The molecule has 0 aromatic carbocycles. The quantitative estimate of drug-likeness (QED) is 0.115. The fourth-order valence-electron chi connectivity index (χ4n) is 5.88. The standard InChI is InChI=1S/C36H63N3O2S/c1-30(2)17-15-18-31(3)19-16-20-32(4)24-28-42-29-34(36(41)37-33-21-9-6-5-7-10-22-33)38-35(40)23-11-8-12-25-39-26-13-14-27-39/h17,19,24,33-34H,5-16,18,20-23,25-29H2,1-4H3,(H,37,41)(H,38,40)/b31-19+,32-24+/t34-/m0/s1. The SMILES string of the molecule is CC(C)=CCC/C(C)=C/CC/C(C)=C/CSC[C@H](NC(=O)CCCCCN1CCCC1)C(=O)NC1CCCCCCC1. The van der Waals surface area contributed by atoms with E-state index >= 15 is 0 Å². The number of amides is 2. The van der Waals surface area contributed by atoms with Crippen molar-refractivity contribution in [1.82, 2.24) is 15.5 Å². The molecule has 2 N–H and O–H groups in total. The first-order valence-electron chi connectivity index (χ1n) is 17.2. The second kappa shape index (κ2) is 22.9. The normalized spacial score (nSPS) is 18.3. The highest BCUT2D eigenvalue weighted by Gasteiger charge is 2.23. The lowest BCUT2D eigenvalue weighted by Crippen LogP contribution is -2.51. The molecule has 0 unspecified atom stereocenters. The summed E-state index contributed by atoms with van der Waals surface area (Å²) in [4.78, 5) is 28.7. The van der Waals surface area contributed by atoms with Crippen molar-refractivity contribution in [1.29, 1.82) is 0 Å². The summed E-state index contributed by atoms with van der Waals surface area (Å²) in [6, 6.07) is -0.217. The summed E-state index contributed by atoms with van der Waals surface area (Å²) in [7, 11) is 0. The second-order valence-corrected chi connectivity index (χ2v) is 14.1. The van der Waals surface area contributed by atoms with Gasteiger partial charge in [-0.05, 0) is 112 Å². The van der Waals surface area contributed by atoms with Crippen LogP contribution in [0.25, 0.3) is 0 Å². The Morgan fingerprint density at radius 2 is 1.43 bits per heavy atom. The van der Waals surface area contributed by atoms with E-state index in [1.54, 1.807) is 11.8 Å². The van der Waals surface area contributed by atoms with E-state index in [1.165, 1.54) is 74.8 Å². The zero-order valence-electron chi connectivity index (χ0n) is 27.6. The predicted octanol–water partition coefficient (Wildman–Crippen LogP) is 8.51. The van der Waals surface area contributed by atoms with Crippen LogP contribution in [0, 0.1) is 0 Å². The van der Waals surface area contributed by atoms with E-state index in [9.17, 15) is 9.59 Å². The van der Waals surface area contributed by atoms with Gasteiger partial charge >= 0.3 is 0 Å². The van der Waals surface area contributed by atoms with Crippen molar-refractivity contribution < 1.29 is 9.59 Å². The third kappa shape index (κ3) is 18.2. The second-order valence-electron chi connectivity index (χ2n) is 13.0. The molecule has 0 aromatic heterocycles. The number of nitrogens with one attached hydrogen (secondary N) is 2. The van der Waals surface area contributed by atoms with E-state index in [4.69, 9.17) is 0 Å². The molecular formula is C36H63N3O2S. The van der Waals surface area contributed by atoms with Crippen LogP contribution in [-0.4, -0.2) is 59.9 Å². The predicted molar refractivity (Wildman–Crippen MR) is 183 cm³/mol. The van der Waals surface area contributed by atoms with Crippen LogP contribution < -0.4 is 10.6 Å². The molecule has 1 aliphatic heterocycles. The molecule has 2 fully saturated rings. The molecule has 1 saturated carbocycles. The molecule has 1 aliphatic carbocycles. The summed E-state index contributed by atoms with van der Waals surface area (Å²) < 4.78 is 0. The molecular weight excluding hydrogens is 538 g/mol. The number of likely N-dealkylation sites (tertiary alicyclic amines) is 1. The van der Waals surface area contributed by atoms with Gasteiger partial charge in [0.1, 0.15) is 6.04 Å². The van der Waals surface area contributed by atoms with Gasteiger partial charge in [-0.3, -0.25) is 9.59 Å². The monoisotopic (exact) mass is 601 g/mol. The van der Waals surface area contributed by atoms with E-state index in [-0.39, 0.29) is 17.9 Å². The Hall–Kier alpha value is -1.53. The van der Waals surface area contributed by atoms with Crippen LogP contribution >= 0.6 is 11.8 Å². The Labute approximate surface area is 263 Å². The van der Waals surface area contributed by atoms with Gasteiger partial charge in [-0.25, -0.2) is 0 Å². The van der Waals surface area contributed by atoms with Gasteiger partial charge in [0.2, 0.25) is 11.8 Å². The number of hydrogen-bond donors (Lipinski definition) is 2. The van der Waals surface area contributed by atoms with Gasteiger partial charge in [0, 0.05) is 24.0 Å². The number of carbonyl (C=O) groups excluding carboxylic acids is 2. The van der Waals surface area contributed by atoms with Gasteiger partial charge in [0.25, 0.3) is 0 Å². The molecule has 0 bridgehead atoms. The maximum Gasteiger partial charge on any atom is 0.243 e. The van der Waals surface area contributed by atoms with Crippen LogP contribution in [0.1, 0.15) is 137 Å². The summed E-state index contributed by atoms with van der Waals surface area (Å²) in [5.41, 5.74) is 4.25. The van der Waals surface area contributed by atoms with Crippen LogP contribution in [0.5, 0.6) is 0 Å². The first-order chi connectivity index (χ1) is 20.3. The summed E-state index contributed by atoms with van der Waals surface area (Å²) >= 11 is 1.75. The topological polar surface area (TPSA) is 61.4 Å². The number of thioether (sulfide) groups is 1. The molecule has 2 rings (SSSR count). The van der Waals surface area contributed by atoms with E-state index < -0.39 is 6.04 Å². The molecule has 1 saturated heterocycles. The van der Waals surface area contributed by atoms with Gasteiger partial charge < -0.3 is 15.5 Å². The molecule has 6 heteroatoms. The summed E-state index contributed by atoms with van der Waals surface area (Å²) in [5.74, 6) is 1.51. The first-order valence-corrected chi connectivity index (χ1v) is 18.3. The van der Waals surface area contributed by atoms with Crippen molar-refractivity contribution in [2.24, 2.45) is 0 Å². The molecule has 42 heavy (non-hydrogen) atoms. The Morgan fingerprint density at radius 1 is 0.786 bits per heavy atom. The fraction of sp³-hybridized carbons (Fsp3) is 0.778. The smallest absolute Gasteiger partial charge is 0.243 e. The number of rotatable bonds is 19. The van der Waals surface area contributed by atoms with Crippen LogP contribution in [-0.2, 0) is 9.59 Å². The molecule has 0 spiro atoms. The van der Waals surface area contributed by atoms with Crippen molar-refractivity contribution in [2.75, 3.05) is 31.1 Å². The molecule has 1 heterocycles. The van der Waals surface area contributed by atoms with Crippen LogP contribution in [0.4, 0.5) is 0 Å². The Bertz CT molecular complexity index is 848. The third-order valence-corrected chi connectivity index (χ3v) is 9.61. The lowest BCUT2D eigenvalue weighted by Gasteiger charge is -2.25. The van der Waals surface area contributed by atoms with Gasteiger partial charge in [-0.15, -0.1) is 0 Å². The molecule has 0 aromatic rings. The number of hydrogen-bond acceptors (Lipinski definition) is 4. The van der Waals surface area contributed by atoms with E-state index in [2.05, 4.69) is 61.5 Å². The maximum atomic E-state index is 13.3. The molecule has 5 nitrogen and oxygen atoms in total. The summed E-state index contributed by atoms with van der Waals surface area (Å²) in [6.07, 6.45) is 26.0. The summed E-state index contributed by atoms with van der Waals surface area (Å²) in [6.45, 7) is 12.4. The average Bonchev–Trinajstić information content (AvgIpc) is 3.45. The highest BCUT2D eigenvalue weighted by atomic mass is 32.2. The van der Waals surface area contributed by atoms with Crippen molar-refractivity contribution >= 4 is 23.6 Å². The molecule has 0 radical (unpaired) electrons. The molecule has 1 atom stereocenters. The van der Waals surface area contributed by atoms with Gasteiger partial charge in [-0.1, -0.05) is 73.5 Å². The highest BCUT2D eigenvalue weighted by molar-refractivity contribution is 7.99. The highest BCUT2D eigenvalue weighted by Crippen LogP contribution is 2.18. The Morgan fingerprint density at radius 3 is 2.12 bits per heavy atom. The third-order valence-electron chi connectivity index (χ3n) is 8.64. The van der Waals surface area contributed by atoms with Gasteiger partial charge in [0.15, 0.2) is 0 Å². The first kappa shape index (κ1) is 36.7. The number of unbranched alkanes of at least 4 members (excludes halogenated alkanes) is 2. The van der Waals surface area contributed by atoms with Crippen molar-refractivity contribution in [2.45, 2.75) is 149 Å². The minimum Gasteiger partial charge on any atom is -0.352 e. The molecule has 2 amide bonds. The largest absolute Gasteiger partial charge is 0.352 e. The van der Waals surface area contributed by atoms with E-state index in [0.717, 1.165) is 70.1 Å². The maximum absolute atomic E-state index is 13.3. The van der Waals surface area contributed by atoms with Crippen LogP contribution in [0.2, 0.25) is 0 Å². The van der Waals surface area contributed by atoms with Crippen molar-refractivity contribution in [3.05, 3.63) is 34.9 Å². The lowest BCUT2D eigenvalue weighted by molar-refractivity contribution is -0.129. The van der Waals surface area contributed by atoms with Gasteiger partial charge in [0.05, 0.1) is 0 Å². The van der Waals surface area contributed by atoms with E-state index in [1.807, 2.05) is 0 Å². The lowest BCUT2D eigenvalue weighted by atomic mass is 9.96. The van der Waals surface area contributed by atoms with Crippen LogP contribution in [0.15, 0.2) is 34.9 Å².